The van der Waals surface area contributed by atoms with Crippen molar-refractivity contribution in [2.24, 2.45) is 17.0 Å². The van der Waals surface area contributed by atoms with Gasteiger partial charge in [-0.25, -0.2) is 13.6 Å². The van der Waals surface area contributed by atoms with E-state index in [1.165, 1.54) is 0 Å². The van der Waals surface area contributed by atoms with Gasteiger partial charge in [-0.05, 0) is 18.3 Å². The van der Waals surface area contributed by atoms with Crippen molar-refractivity contribution in [3.63, 3.8) is 0 Å². The Kier molecular flexibility index (Phi) is 4.64. The first-order valence-corrected chi connectivity index (χ1v) is 6.04. The van der Waals surface area contributed by atoms with Crippen molar-refractivity contribution in [2.45, 2.75) is 32.4 Å². The van der Waals surface area contributed by atoms with Crippen LogP contribution in [0.3, 0.4) is 0 Å². The van der Waals surface area contributed by atoms with Gasteiger partial charge in [0.05, 0.1) is 5.25 Å². The van der Waals surface area contributed by atoms with Crippen molar-refractivity contribution < 1.29 is 8.42 Å². The summed E-state index contributed by atoms with van der Waals surface area (Å²) >= 11 is 0. The number of sulfonamides is 1. The third kappa shape index (κ3) is 3.91. The summed E-state index contributed by atoms with van der Waals surface area (Å²) in [6.45, 7) is 9.21. The Morgan fingerprint density at radius 3 is 2.08 bits per heavy atom. The third-order valence-electron chi connectivity index (χ3n) is 2.14. The van der Waals surface area contributed by atoms with E-state index in [-0.39, 0.29) is 11.8 Å². The highest BCUT2D eigenvalue weighted by Gasteiger charge is 2.29. The lowest BCUT2D eigenvalue weighted by molar-refractivity contribution is 0.430. The topological polar surface area (TPSA) is 60.2 Å². The average molecular weight is 205 g/mol. The first kappa shape index (κ1) is 12.7. The Morgan fingerprint density at radius 2 is 1.85 bits per heavy atom. The van der Waals surface area contributed by atoms with Crippen molar-refractivity contribution >= 4 is 10.0 Å². The zero-order valence-electron chi connectivity index (χ0n) is 8.53. The third-order valence-corrected chi connectivity index (χ3v) is 3.90. The Bertz CT molecular complexity index is 257. The standard InChI is InChI=1S/C9H19NO2S/c1-5-6-8(4)9(7(2)3)13(10,11)12/h5,7-9H,1,6H2,2-4H3,(H2,10,11,12)/t8-,9?/m0/s1. The summed E-state index contributed by atoms with van der Waals surface area (Å²) in [6, 6.07) is 0. The lowest BCUT2D eigenvalue weighted by Gasteiger charge is -2.24. The van der Waals surface area contributed by atoms with Gasteiger partial charge in [-0.2, -0.15) is 0 Å². The van der Waals surface area contributed by atoms with E-state index < -0.39 is 15.3 Å². The highest BCUT2D eigenvalue weighted by atomic mass is 32.2. The minimum absolute atomic E-state index is 0.0347. The summed E-state index contributed by atoms with van der Waals surface area (Å²) < 4.78 is 22.5. The molecular weight excluding hydrogens is 186 g/mol. The molecule has 1 unspecified atom stereocenters. The number of allylic oxidation sites excluding steroid dienone is 1. The molecule has 0 radical (unpaired) electrons. The number of hydrogen-bond donors (Lipinski definition) is 1. The van der Waals surface area contributed by atoms with Gasteiger partial charge in [0.2, 0.25) is 10.0 Å². The van der Waals surface area contributed by atoms with Gasteiger partial charge in [-0.1, -0.05) is 26.8 Å². The molecule has 0 aliphatic rings. The van der Waals surface area contributed by atoms with Crippen LogP contribution in [0.2, 0.25) is 0 Å². The molecule has 0 aromatic heterocycles. The molecule has 4 heteroatoms. The molecule has 0 heterocycles. The van der Waals surface area contributed by atoms with Crippen LogP contribution in [-0.4, -0.2) is 13.7 Å². The summed E-state index contributed by atoms with van der Waals surface area (Å²) in [4.78, 5) is 0. The van der Waals surface area contributed by atoms with Crippen molar-refractivity contribution in [1.82, 2.24) is 0 Å². The zero-order chi connectivity index (χ0) is 10.6. The Labute approximate surface area is 81.1 Å². The van der Waals surface area contributed by atoms with Gasteiger partial charge in [0, 0.05) is 0 Å². The second-order valence-electron chi connectivity index (χ2n) is 3.80. The van der Waals surface area contributed by atoms with Crippen molar-refractivity contribution in [2.75, 3.05) is 0 Å². The molecule has 2 atom stereocenters. The van der Waals surface area contributed by atoms with E-state index in [2.05, 4.69) is 6.58 Å². The summed E-state index contributed by atoms with van der Waals surface area (Å²) in [7, 11) is -3.43. The fourth-order valence-electron chi connectivity index (χ4n) is 1.76. The van der Waals surface area contributed by atoms with Gasteiger partial charge in [0.1, 0.15) is 0 Å². The molecule has 0 saturated heterocycles. The molecule has 0 aliphatic carbocycles. The SMILES string of the molecule is C=CC[C@H](C)C(C(C)C)S(N)(=O)=O. The molecule has 0 saturated carbocycles. The van der Waals surface area contributed by atoms with Crippen LogP contribution in [0.15, 0.2) is 12.7 Å². The molecule has 0 aliphatic heterocycles. The molecule has 0 aromatic carbocycles. The lowest BCUT2D eigenvalue weighted by atomic mass is 9.95. The maximum absolute atomic E-state index is 11.2. The van der Waals surface area contributed by atoms with Gasteiger partial charge < -0.3 is 0 Å². The van der Waals surface area contributed by atoms with E-state index in [4.69, 9.17) is 5.14 Å². The van der Waals surface area contributed by atoms with E-state index in [1.54, 1.807) is 6.08 Å². The molecule has 3 nitrogen and oxygen atoms in total. The second-order valence-corrected chi connectivity index (χ2v) is 5.52. The maximum atomic E-state index is 11.2. The van der Waals surface area contributed by atoms with Crippen molar-refractivity contribution in [3.8, 4) is 0 Å². The molecule has 78 valence electrons. The fourth-order valence-corrected chi connectivity index (χ4v) is 3.27. The quantitative estimate of drug-likeness (QED) is 0.692. The molecule has 0 spiro atoms. The maximum Gasteiger partial charge on any atom is 0.212 e. The van der Waals surface area contributed by atoms with Gasteiger partial charge >= 0.3 is 0 Å². The first-order chi connectivity index (χ1) is 5.80. The summed E-state index contributed by atoms with van der Waals surface area (Å²) in [5, 5.41) is 4.68. The van der Waals surface area contributed by atoms with Gasteiger partial charge in [-0.3, -0.25) is 0 Å². The molecule has 0 aromatic rings. The van der Waals surface area contributed by atoms with E-state index in [0.717, 1.165) is 0 Å². The summed E-state index contributed by atoms with van der Waals surface area (Å²) in [5.41, 5.74) is 0. The predicted octanol–water partition coefficient (Wildman–Crippen LogP) is 1.51. The number of primary sulfonamides is 1. The lowest BCUT2D eigenvalue weighted by Crippen LogP contribution is -2.37. The second kappa shape index (κ2) is 4.77. The normalized spacial score (nSPS) is 17.0. The van der Waals surface area contributed by atoms with Crippen LogP contribution < -0.4 is 5.14 Å². The van der Waals surface area contributed by atoms with Crippen LogP contribution in [0.1, 0.15) is 27.2 Å². The minimum atomic E-state index is -3.43. The Balaban J connectivity index is 4.72. The highest BCUT2D eigenvalue weighted by Crippen LogP contribution is 2.21. The largest absolute Gasteiger partial charge is 0.228 e. The zero-order valence-corrected chi connectivity index (χ0v) is 9.34. The van der Waals surface area contributed by atoms with E-state index in [1.807, 2.05) is 20.8 Å². The Morgan fingerprint density at radius 1 is 1.38 bits per heavy atom. The monoisotopic (exact) mass is 205 g/mol. The van der Waals surface area contributed by atoms with Crippen LogP contribution in [0.4, 0.5) is 0 Å². The minimum Gasteiger partial charge on any atom is -0.228 e. The van der Waals surface area contributed by atoms with Crippen LogP contribution in [0.25, 0.3) is 0 Å². The number of hydrogen-bond acceptors (Lipinski definition) is 2. The fraction of sp³-hybridized carbons (Fsp3) is 0.778. The Hall–Kier alpha value is -0.350. The van der Waals surface area contributed by atoms with E-state index in [0.29, 0.717) is 6.42 Å². The number of nitrogens with two attached hydrogens (primary N) is 1. The average Bonchev–Trinajstić information content (AvgIpc) is 1.82. The molecule has 0 bridgehead atoms. The molecule has 13 heavy (non-hydrogen) atoms. The van der Waals surface area contributed by atoms with Crippen LogP contribution >= 0.6 is 0 Å². The molecule has 0 amide bonds. The summed E-state index contributed by atoms with van der Waals surface area (Å²) in [5.74, 6) is 0.0810. The van der Waals surface area contributed by atoms with E-state index in [9.17, 15) is 8.42 Å². The predicted molar refractivity (Wildman–Crippen MR) is 55.7 cm³/mol. The highest BCUT2D eigenvalue weighted by molar-refractivity contribution is 7.89. The smallest absolute Gasteiger partial charge is 0.212 e. The molecular formula is C9H19NO2S. The van der Waals surface area contributed by atoms with Gasteiger partial charge in [0.25, 0.3) is 0 Å². The van der Waals surface area contributed by atoms with Gasteiger partial charge in [-0.15, -0.1) is 6.58 Å². The van der Waals surface area contributed by atoms with Crippen LogP contribution in [0, 0.1) is 11.8 Å². The summed E-state index contributed by atoms with van der Waals surface area (Å²) in [6.07, 6.45) is 2.41. The van der Waals surface area contributed by atoms with Crippen LogP contribution in [0.5, 0.6) is 0 Å². The molecule has 0 rings (SSSR count). The molecule has 0 fully saturated rings. The van der Waals surface area contributed by atoms with Crippen molar-refractivity contribution in [3.05, 3.63) is 12.7 Å². The van der Waals surface area contributed by atoms with E-state index >= 15 is 0 Å². The van der Waals surface area contributed by atoms with Gasteiger partial charge in [0.15, 0.2) is 0 Å². The number of rotatable bonds is 5. The van der Waals surface area contributed by atoms with Crippen LogP contribution in [-0.2, 0) is 10.0 Å². The van der Waals surface area contributed by atoms with Crippen molar-refractivity contribution in [1.29, 1.82) is 0 Å². The first-order valence-electron chi connectivity index (χ1n) is 4.43. The molecule has 2 N–H and O–H groups in total.